The normalized spacial score (nSPS) is 12.4. The van der Waals surface area contributed by atoms with Gasteiger partial charge < -0.3 is 4.52 Å². The Bertz CT molecular complexity index is 935. The maximum Gasteiger partial charge on any atom is 0.240 e. The van der Waals surface area contributed by atoms with Gasteiger partial charge in [-0.05, 0) is 28.8 Å². The molecule has 126 valence electrons. The number of nitrogens with zero attached hydrogens (tertiary/aromatic N) is 6. The minimum Gasteiger partial charge on any atom is -0.338 e. The number of aromatic nitrogens is 6. The van der Waals surface area contributed by atoms with Crippen LogP contribution in [0.15, 0.2) is 57.5 Å². The maximum absolute atomic E-state index is 5.42. The van der Waals surface area contributed by atoms with E-state index in [0.717, 1.165) is 10.7 Å². The van der Waals surface area contributed by atoms with Crippen LogP contribution in [0.25, 0.3) is 11.4 Å². The van der Waals surface area contributed by atoms with Gasteiger partial charge in [-0.3, -0.25) is 0 Å². The Morgan fingerprint density at radius 2 is 2.08 bits per heavy atom. The summed E-state index contributed by atoms with van der Waals surface area (Å²) in [4.78, 5) is 5.69. The molecular formula is C16H14N6OS2. The van der Waals surface area contributed by atoms with Gasteiger partial charge in [0.15, 0.2) is 0 Å². The van der Waals surface area contributed by atoms with Crippen LogP contribution in [-0.2, 0) is 6.54 Å². The Hall–Kier alpha value is -2.52. The Balaban J connectivity index is 1.49. The summed E-state index contributed by atoms with van der Waals surface area (Å²) in [7, 11) is 0. The number of tetrazole rings is 1. The molecule has 4 rings (SSSR count). The number of thioether (sulfide) groups is 1. The zero-order valence-corrected chi connectivity index (χ0v) is 14.9. The highest BCUT2D eigenvalue weighted by atomic mass is 32.2. The first-order valence-corrected chi connectivity index (χ1v) is 9.40. The van der Waals surface area contributed by atoms with E-state index in [1.807, 2.05) is 48.7 Å². The molecule has 25 heavy (non-hydrogen) atoms. The summed E-state index contributed by atoms with van der Waals surface area (Å²) >= 11 is 3.18. The number of benzene rings is 1. The lowest BCUT2D eigenvalue weighted by atomic mass is 10.2. The Morgan fingerprint density at radius 1 is 1.20 bits per heavy atom. The van der Waals surface area contributed by atoms with E-state index < -0.39 is 0 Å². The van der Waals surface area contributed by atoms with Gasteiger partial charge in [-0.25, -0.2) is 4.68 Å². The molecule has 1 atom stereocenters. The van der Waals surface area contributed by atoms with Gasteiger partial charge in [0.1, 0.15) is 0 Å². The second kappa shape index (κ2) is 7.16. The molecule has 0 saturated carbocycles. The Kier molecular flexibility index (Phi) is 4.57. The van der Waals surface area contributed by atoms with E-state index in [-0.39, 0.29) is 5.25 Å². The first-order chi connectivity index (χ1) is 12.3. The van der Waals surface area contributed by atoms with Gasteiger partial charge in [0.2, 0.25) is 16.9 Å². The molecule has 0 aliphatic carbocycles. The zero-order valence-electron chi connectivity index (χ0n) is 13.3. The SMILES string of the molecule is CC(Sc1nnnn1Cc1cccs1)c1nc(-c2ccccc2)no1. The second-order valence-corrected chi connectivity index (χ2v) is 7.62. The van der Waals surface area contributed by atoms with Crippen LogP contribution < -0.4 is 0 Å². The fraction of sp³-hybridized carbons (Fsp3) is 0.188. The monoisotopic (exact) mass is 370 g/mol. The van der Waals surface area contributed by atoms with Gasteiger partial charge >= 0.3 is 0 Å². The molecule has 0 radical (unpaired) electrons. The number of hydrogen-bond acceptors (Lipinski definition) is 8. The molecule has 4 aromatic rings. The minimum atomic E-state index is -0.0574. The van der Waals surface area contributed by atoms with E-state index in [4.69, 9.17) is 4.52 Å². The fourth-order valence-electron chi connectivity index (χ4n) is 2.24. The molecule has 0 aliphatic heterocycles. The highest BCUT2D eigenvalue weighted by Crippen LogP contribution is 2.33. The average Bonchev–Trinajstić information content (AvgIpc) is 3.38. The number of rotatable bonds is 6. The van der Waals surface area contributed by atoms with Gasteiger partial charge in [0, 0.05) is 10.4 Å². The van der Waals surface area contributed by atoms with Crippen LogP contribution in [0.1, 0.15) is 22.9 Å². The molecular weight excluding hydrogens is 356 g/mol. The quantitative estimate of drug-likeness (QED) is 0.479. The molecule has 1 aromatic carbocycles. The van der Waals surface area contributed by atoms with Crippen molar-refractivity contribution in [2.45, 2.75) is 23.9 Å². The summed E-state index contributed by atoms with van der Waals surface area (Å²) in [5, 5.41) is 18.7. The predicted octanol–water partition coefficient (Wildman–Crippen LogP) is 3.69. The van der Waals surface area contributed by atoms with Crippen LogP contribution in [0.3, 0.4) is 0 Å². The fourth-order valence-corrected chi connectivity index (χ4v) is 3.75. The van der Waals surface area contributed by atoms with Crippen molar-refractivity contribution in [1.29, 1.82) is 0 Å². The molecule has 0 aliphatic rings. The van der Waals surface area contributed by atoms with Crippen molar-refractivity contribution < 1.29 is 4.52 Å². The van der Waals surface area contributed by atoms with Crippen molar-refractivity contribution in [2.24, 2.45) is 0 Å². The Labute approximate surface area is 152 Å². The van der Waals surface area contributed by atoms with Gasteiger partial charge in [0.05, 0.1) is 11.8 Å². The van der Waals surface area contributed by atoms with Crippen LogP contribution in [0.5, 0.6) is 0 Å². The molecule has 0 saturated heterocycles. The Morgan fingerprint density at radius 3 is 2.88 bits per heavy atom. The minimum absolute atomic E-state index is 0.0574. The summed E-state index contributed by atoms with van der Waals surface area (Å²) < 4.78 is 7.20. The van der Waals surface area contributed by atoms with Crippen molar-refractivity contribution in [1.82, 2.24) is 30.3 Å². The number of hydrogen-bond donors (Lipinski definition) is 0. The molecule has 0 N–H and O–H groups in total. The van der Waals surface area contributed by atoms with Crippen LogP contribution in [0, 0.1) is 0 Å². The van der Waals surface area contributed by atoms with Gasteiger partial charge in [-0.2, -0.15) is 4.98 Å². The van der Waals surface area contributed by atoms with E-state index in [0.29, 0.717) is 18.3 Å². The molecule has 0 amide bonds. The first kappa shape index (κ1) is 16.0. The van der Waals surface area contributed by atoms with Crippen LogP contribution >= 0.6 is 23.1 Å². The lowest BCUT2D eigenvalue weighted by Gasteiger charge is -2.06. The topological polar surface area (TPSA) is 82.5 Å². The van der Waals surface area contributed by atoms with E-state index >= 15 is 0 Å². The van der Waals surface area contributed by atoms with E-state index in [9.17, 15) is 0 Å². The van der Waals surface area contributed by atoms with Crippen LogP contribution in [0.2, 0.25) is 0 Å². The van der Waals surface area contributed by atoms with Crippen molar-refractivity contribution >= 4 is 23.1 Å². The highest BCUT2D eigenvalue weighted by Gasteiger charge is 2.20. The van der Waals surface area contributed by atoms with Gasteiger partial charge in [0.25, 0.3) is 0 Å². The molecule has 0 spiro atoms. The molecule has 9 heteroatoms. The molecule has 3 aromatic heterocycles. The average molecular weight is 370 g/mol. The van der Waals surface area contributed by atoms with E-state index in [1.165, 1.54) is 16.6 Å². The van der Waals surface area contributed by atoms with Crippen LogP contribution in [-0.4, -0.2) is 30.3 Å². The molecule has 0 bridgehead atoms. The largest absolute Gasteiger partial charge is 0.338 e. The second-order valence-electron chi connectivity index (χ2n) is 5.28. The lowest BCUT2D eigenvalue weighted by Crippen LogP contribution is -2.03. The summed E-state index contributed by atoms with van der Waals surface area (Å²) in [5.41, 5.74) is 0.928. The van der Waals surface area contributed by atoms with E-state index in [1.54, 1.807) is 16.0 Å². The highest BCUT2D eigenvalue weighted by molar-refractivity contribution is 7.99. The van der Waals surface area contributed by atoms with Gasteiger partial charge in [-0.15, -0.1) is 16.4 Å². The third kappa shape index (κ3) is 3.62. The molecule has 3 heterocycles. The van der Waals surface area contributed by atoms with E-state index in [2.05, 4.69) is 31.7 Å². The van der Waals surface area contributed by atoms with Gasteiger partial charge in [-0.1, -0.05) is 53.3 Å². The third-order valence-electron chi connectivity index (χ3n) is 3.49. The van der Waals surface area contributed by atoms with Crippen molar-refractivity contribution in [3.05, 3.63) is 58.6 Å². The predicted molar refractivity (Wildman–Crippen MR) is 95.2 cm³/mol. The summed E-state index contributed by atoms with van der Waals surface area (Å²) in [6, 6.07) is 13.8. The summed E-state index contributed by atoms with van der Waals surface area (Å²) in [6.07, 6.45) is 0. The van der Waals surface area contributed by atoms with Crippen molar-refractivity contribution in [2.75, 3.05) is 0 Å². The molecule has 0 fully saturated rings. The van der Waals surface area contributed by atoms with Crippen molar-refractivity contribution in [3.8, 4) is 11.4 Å². The number of thiophene rings is 1. The van der Waals surface area contributed by atoms with Crippen molar-refractivity contribution in [3.63, 3.8) is 0 Å². The third-order valence-corrected chi connectivity index (χ3v) is 5.41. The summed E-state index contributed by atoms with van der Waals surface area (Å²) in [5.74, 6) is 1.13. The first-order valence-electron chi connectivity index (χ1n) is 7.64. The standard InChI is InChI=1S/C16H14N6OS2/c1-11(15-17-14(19-23-15)12-6-3-2-4-7-12)25-16-18-20-21-22(16)10-13-8-5-9-24-13/h2-9,11H,10H2,1H3. The maximum atomic E-state index is 5.42. The smallest absolute Gasteiger partial charge is 0.240 e. The summed E-state index contributed by atoms with van der Waals surface area (Å²) in [6.45, 7) is 2.65. The lowest BCUT2D eigenvalue weighted by molar-refractivity contribution is 0.380. The molecule has 7 nitrogen and oxygen atoms in total. The zero-order chi connectivity index (χ0) is 17.1. The van der Waals surface area contributed by atoms with Crippen LogP contribution in [0.4, 0.5) is 0 Å². The molecule has 1 unspecified atom stereocenters.